The van der Waals surface area contributed by atoms with Crippen LogP contribution in [0.3, 0.4) is 0 Å². The predicted octanol–water partition coefficient (Wildman–Crippen LogP) is 3.25. The quantitative estimate of drug-likeness (QED) is 0.877. The summed E-state index contributed by atoms with van der Waals surface area (Å²) in [6, 6.07) is 15.5. The summed E-state index contributed by atoms with van der Waals surface area (Å²) in [5.41, 5.74) is 2.01. The fraction of sp³-hybridized carbons (Fsp3) is 0.250. The van der Waals surface area contributed by atoms with Crippen molar-refractivity contribution >= 4 is 19.8 Å². The van der Waals surface area contributed by atoms with E-state index in [1.54, 1.807) is 14.2 Å². The van der Waals surface area contributed by atoms with Gasteiger partial charge in [0.25, 0.3) is 0 Å². The molecular formula is C16H19N2O3P. The number of methoxy groups -OCH3 is 2. The smallest absolute Gasteiger partial charge is 0.245 e. The lowest BCUT2D eigenvalue weighted by atomic mass is 10.3. The molecule has 0 radical (unpaired) electrons. The molecule has 0 aliphatic carbocycles. The van der Waals surface area contributed by atoms with Crippen molar-refractivity contribution in [3.63, 3.8) is 0 Å². The average molecular weight is 318 g/mol. The van der Waals surface area contributed by atoms with Crippen LogP contribution in [0.1, 0.15) is 0 Å². The Morgan fingerprint density at radius 2 is 1.14 bits per heavy atom. The molecule has 0 aromatic heterocycles. The average Bonchev–Trinajstić information content (AvgIpc) is 2.96. The first kappa shape index (κ1) is 14.9. The van der Waals surface area contributed by atoms with E-state index in [2.05, 4.69) is 0 Å². The van der Waals surface area contributed by atoms with E-state index in [1.807, 2.05) is 57.9 Å². The predicted molar refractivity (Wildman–Crippen MR) is 89.8 cm³/mol. The molecule has 2 aromatic rings. The van der Waals surface area contributed by atoms with Gasteiger partial charge in [-0.05, 0) is 48.5 Å². The van der Waals surface area contributed by atoms with Crippen molar-refractivity contribution in [3.05, 3.63) is 48.5 Å². The van der Waals surface area contributed by atoms with Crippen LogP contribution in [0.15, 0.2) is 48.5 Å². The van der Waals surface area contributed by atoms with E-state index in [9.17, 15) is 4.89 Å². The molecule has 0 bridgehead atoms. The molecule has 2 aromatic carbocycles. The highest BCUT2D eigenvalue weighted by Gasteiger charge is 2.32. The van der Waals surface area contributed by atoms with Gasteiger partial charge in [0.15, 0.2) is 0 Å². The van der Waals surface area contributed by atoms with Crippen molar-refractivity contribution in [2.75, 3.05) is 36.6 Å². The van der Waals surface area contributed by atoms with Gasteiger partial charge in [-0.1, -0.05) is 0 Å². The highest BCUT2D eigenvalue weighted by atomic mass is 31.2. The number of benzene rings is 2. The summed E-state index contributed by atoms with van der Waals surface area (Å²) < 4.78 is 14.4. The minimum absolute atomic E-state index is 0.792. The zero-order valence-corrected chi connectivity index (χ0v) is 13.5. The van der Waals surface area contributed by atoms with Crippen LogP contribution in [-0.2, 0) is 0 Å². The normalized spacial score (nSPS) is 15.2. The maximum absolute atomic E-state index is 10.7. The van der Waals surface area contributed by atoms with E-state index in [-0.39, 0.29) is 0 Å². The Kier molecular flexibility index (Phi) is 4.36. The van der Waals surface area contributed by atoms with E-state index in [4.69, 9.17) is 9.47 Å². The van der Waals surface area contributed by atoms with Crippen molar-refractivity contribution in [3.8, 4) is 11.5 Å². The molecule has 0 spiro atoms. The number of hydrogen-bond donors (Lipinski definition) is 1. The van der Waals surface area contributed by atoms with Gasteiger partial charge in [-0.15, -0.1) is 0 Å². The molecule has 22 heavy (non-hydrogen) atoms. The molecule has 0 unspecified atom stereocenters. The topological polar surface area (TPSA) is 45.2 Å². The summed E-state index contributed by atoms with van der Waals surface area (Å²) in [7, 11) is 1.91. The fourth-order valence-electron chi connectivity index (χ4n) is 2.47. The van der Waals surface area contributed by atoms with Gasteiger partial charge in [-0.25, -0.2) is 0 Å². The summed E-state index contributed by atoms with van der Waals surface area (Å²) in [5.74, 6) is 1.63. The second kappa shape index (κ2) is 6.42. The van der Waals surface area contributed by atoms with Gasteiger partial charge in [0, 0.05) is 24.5 Å². The van der Waals surface area contributed by atoms with Crippen molar-refractivity contribution in [1.82, 2.24) is 0 Å². The maximum Gasteiger partial charge on any atom is 0.245 e. The van der Waals surface area contributed by atoms with Crippen LogP contribution in [0.5, 0.6) is 11.5 Å². The van der Waals surface area contributed by atoms with Gasteiger partial charge in [0.05, 0.1) is 14.2 Å². The Hall–Kier alpha value is -1.97. The summed E-state index contributed by atoms with van der Waals surface area (Å²) in [5, 5.41) is 0. The Morgan fingerprint density at radius 3 is 1.45 bits per heavy atom. The van der Waals surface area contributed by atoms with Crippen molar-refractivity contribution in [2.24, 2.45) is 0 Å². The van der Waals surface area contributed by atoms with E-state index in [0.29, 0.717) is 0 Å². The highest BCUT2D eigenvalue weighted by Crippen LogP contribution is 2.50. The second-order valence-corrected chi connectivity index (χ2v) is 6.41. The summed E-state index contributed by atoms with van der Waals surface area (Å²) >= 11 is 0. The zero-order chi connectivity index (χ0) is 15.5. The third kappa shape index (κ3) is 2.82. The van der Waals surface area contributed by atoms with Gasteiger partial charge in [-0.3, -0.25) is 0 Å². The minimum Gasteiger partial charge on any atom is -0.497 e. The molecule has 0 saturated carbocycles. The zero-order valence-electron chi connectivity index (χ0n) is 12.6. The molecule has 0 atom stereocenters. The molecule has 1 heterocycles. The highest BCUT2D eigenvalue weighted by molar-refractivity contribution is 7.55. The first-order chi connectivity index (χ1) is 10.7. The molecule has 0 amide bonds. The van der Waals surface area contributed by atoms with Crippen molar-refractivity contribution in [2.45, 2.75) is 0 Å². The van der Waals surface area contributed by atoms with Crippen LogP contribution in [0.4, 0.5) is 11.4 Å². The van der Waals surface area contributed by atoms with Crippen LogP contribution in [0, 0.1) is 0 Å². The molecule has 1 N–H and O–H groups in total. The Labute approximate surface area is 131 Å². The number of ether oxygens (including phenoxy) is 2. The van der Waals surface area contributed by atoms with Crippen LogP contribution < -0.4 is 18.8 Å². The Bertz CT molecular complexity index is 563. The molecule has 1 aliphatic rings. The maximum atomic E-state index is 10.7. The van der Waals surface area contributed by atoms with Crippen LogP contribution in [0.25, 0.3) is 0 Å². The van der Waals surface area contributed by atoms with Gasteiger partial charge in [0.2, 0.25) is 8.45 Å². The van der Waals surface area contributed by atoms with E-state index < -0.39 is 8.45 Å². The van der Waals surface area contributed by atoms with E-state index >= 15 is 0 Å². The number of nitrogens with zero attached hydrogens (tertiary/aromatic N) is 2. The SMILES string of the molecule is COc1ccc(N2CCN(c3ccc(OC)cc3)P2O)cc1. The first-order valence-corrected chi connectivity index (χ1v) is 8.25. The number of anilines is 2. The summed E-state index contributed by atoms with van der Waals surface area (Å²) in [4.78, 5) is 10.7. The monoisotopic (exact) mass is 318 g/mol. The second-order valence-electron chi connectivity index (χ2n) is 4.91. The standard InChI is InChI=1S/C16H19N2O3P/c1-20-15-7-3-13(4-8-15)17-11-12-18(22(17)19)14-5-9-16(21-2)10-6-14/h3-10,19H,11-12H2,1-2H3. The van der Waals surface area contributed by atoms with Gasteiger partial charge in [0.1, 0.15) is 11.5 Å². The third-order valence-electron chi connectivity index (χ3n) is 3.70. The third-order valence-corrected chi connectivity index (χ3v) is 5.42. The lowest BCUT2D eigenvalue weighted by Crippen LogP contribution is -2.13. The van der Waals surface area contributed by atoms with Crippen LogP contribution in [-0.4, -0.2) is 32.2 Å². The molecule has 1 aliphatic heterocycles. The molecular weight excluding hydrogens is 299 g/mol. The van der Waals surface area contributed by atoms with Crippen LogP contribution in [0.2, 0.25) is 0 Å². The number of rotatable bonds is 4. The fourth-order valence-corrected chi connectivity index (χ4v) is 3.95. The molecule has 1 saturated heterocycles. The largest absolute Gasteiger partial charge is 0.497 e. The van der Waals surface area contributed by atoms with Crippen molar-refractivity contribution < 1.29 is 14.4 Å². The molecule has 5 nitrogen and oxygen atoms in total. The van der Waals surface area contributed by atoms with Gasteiger partial charge >= 0.3 is 0 Å². The Balaban J connectivity index is 1.76. The first-order valence-electron chi connectivity index (χ1n) is 7.05. The lowest BCUT2D eigenvalue weighted by molar-refractivity contribution is 0.414. The Morgan fingerprint density at radius 1 is 0.773 bits per heavy atom. The number of hydrogen-bond acceptors (Lipinski definition) is 5. The minimum atomic E-state index is -1.39. The van der Waals surface area contributed by atoms with Gasteiger partial charge < -0.3 is 23.7 Å². The molecule has 3 rings (SSSR count). The molecule has 6 heteroatoms. The van der Waals surface area contributed by atoms with Crippen LogP contribution >= 0.6 is 8.45 Å². The molecule has 116 valence electrons. The summed E-state index contributed by atoms with van der Waals surface area (Å²) in [6.45, 7) is 1.58. The summed E-state index contributed by atoms with van der Waals surface area (Å²) in [6.07, 6.45) is 0. The lowest BCUT2D eigenvalue weighted by Gasteiger charge is -2.26. The van der Waals surface area contributed by atoms with Gasteiger partial charge in [-0.2, -0.15) is 0 Å². The molecule has 1 fully saturated rings. The van der Waals surface area contributed by atoms with E-state index in [1.165, 1.54) is 0 Å². The van der Waals surface area contributed by atoms with Crippen molar-refractivity contribution in [1.29, 1.82) is 0 Å². The van der Waals surface area contributed by atoms with E-state index in [0.717, 1.165) is 36.0 Å².